The van der Waals surface area contributed by atoms with Crippen molar-refractivity contribution < 1.29 is 14.3 Å². The summed E-state index contributed by atoms with van der Waals surface area (Å²) in [5.74, 6) is 1.12. The minimum absolute atomic E-state index is 0.0618. The molecule has 0 aliphatic carbocycles. The van der Waals surface area contributed by atoms with Crippen molar-refractivity contribution in [2.45, 2.75) is 52.0 Å². The molecule has 4 rings (SSSR count). The van der Waals surface area contributed by atoms with E-state index in [1.165, 1.54) is 23.0 Å². The number of amidine groups is 1. The largest absolute Gasteiger partial charge is 0.496 e. The molecule has 1 unspecified atom stereocenters. The Morgan fingerprint density at radius 2 is 1.92 bits per heavy atom. The normalized spacial score (nSPS) is 21.4. The maximum absolute atomic E-state index is 13.4. The second kappa shape index (κ2) is 11.1. The highest BCUT2D eigenvalue weighted by atomic mass is 32.2. The first-order valence-corrected chi connectivity index (χ1v) is 13.4. The fraction of sp³-hybridized carbons (Fsp3) is 0.448. The number of hydrogen-bond donors (Lipinski definition) is 0. The molecular weight excluding hydrogens is 470 g/mol. The number of para-hydroxylation sites is 1. The van der Waals surface area contributed by atoms with Gasteiger partial charge in [0.25, 0.3) is 5.91 Å². The van der Waals surface area contributed by atoms with E-state index >= 15 is 0 Å². The van der Waals surface area contributed by atoms with Gasteiger partial charge in [0.15, 0.2) is 5.17 Å². The molecule has 2 aliphatic heterocycles. The fourth-order valence-corrected chi connectivity index (χ4v) is 6.20. The molecule has 0 radical (unpaired) electrons. The fourth-order valence-electron chi connectivity index (χ4n) is 5.19. The van der Waals surface area contributed by atoms with Crippen LogP contribution in [0.25, 0.3) is 6.08 Å². The van der Waals surface area contributed by atoms with Crippen molar-refractivity contribution in [3.8, 4) is 5.75 Å². The van der Waals surface area contributed by atoms with Crippen LogP contribution in [0.15, 0.2) is 52.4 Å². The van der Waals surface area contributed by atoms with Gasteiger partial charge in [0.2, 0.25) is 0 Å². The third-order valence-electron chi connectivity index (χ3n) is 6.86. The standard InChI is InChI=1S/C29H37N3O3S/c1-7-13-32-24-18-25(35-6)21(16-23(24)20(2)19-29(32,3)4)17-26-27(33)31(14-15-34-5)28(36-26)30-22-11-9-8-10-12-22/h8-12,16-18,20H,7,13-15,19H2,1-6H3/b26-17+,30-28?. The van der Waals surface area contributed by atoms with Crippen molar-refractivity contribution in [2.24, 2.45) is 4.99 Å². The van der Waals surface area contributed by atoms with Gasteiger partial charge in [0.1, 0.15) is 5.75 Å². The molecule has 1 atom stereocenters. The summed E-state index contributed by atoms with van der Waals surface area (Å²) >= 11 is 1.40. The zero-order chi connectivity index (χ0) is 25.9. The van der Waals surface area contributed by atoms with Crippen LogP contribution in [0.2, 0.25) is 0 Å². The predicted octanol–water partition coefficient (Wildman–Crippen LogP) is 6.45. The summed E-state index contributed by atoms with van der Waals surface area (Å²) in [5, 5.41) is 0.663. The van der Waals surface area contributed by atoms with Crippen LogP contribution in [0, 0.1) is 0 Å². The third kappa shape index (κ3) is 5.32. The molecule has 6 nitrogen and oxygen atoms in total. The van der Waals surface area contributed by atoms with Crippen LogP contribution >= 0.6 is 11.8 Å². The number of carbonyl (C=O) groups is 1. The summed E-state index contributed by atoms with van der Waals surface area (Å²) in [4.78, 5) is 23.0. The average Bonchev–Trinajstić information content (AvgIpc) is 3.14. The SMILES string of the molecule is CCCN1c2cc(OC)c(/C=C3/SC(=Nc4ccccc4)N(CCOC)C3=O)cc2C(C)CC1(C)C. The van der Waals surface area contributed by atoms with Crippen LogP contribution in [0.3, 0.4) is 0 Å². The van der Waals surface area contributed by atoms with E-state index in [0.29, 0.717) is 29.1 Å². The molecule has 1 fully saturated rings. The molecule has 0 saturated carbocycles. The molecule has 0 bridgehead atoms. The lowest BCUT2D eigenvalue weighted by Gasteiger charge is -2.47. The number of methoxy groups -OCH3 is 2. The predicted molar refractivity (Wildman–Crippen MR) is 150 cm³/mol. The Morgan fingerprint density at radius 3 is 2.58 bits per heavy atom. The van der Waals surface area contributed by atoms with Crippen LogP contribution < -0.4 is 9.64 Å². The van der Waals surface area contributed by atoms with Gasteiger partial charge in [-0.2, -0.15) is 0 Å². The highest BCUT2D eigenvalue weighted by Gasteiger charge is 2.37. The Labute approximate surface area is 219 Å². The van der Waals surface area contributed by atoms with E-state index in [1.54, 1.807) is 19.1 Å². The summed E-state index contributed by atoms with van der Waals surface area (Å²) in [7, 11) is 3.34. The van der Waals surface area contributed by atoms with E-state index in [-0.39, 0.29) is 11.4 Å². The molecular formula is C29H37N3O3S. The molecule has 0 N–H and O–H groups in total. The summed E-state index contributed by atoms with van der Waals surface area (Å²) < 4.78 is 11.1. The van der Waals surface area contributed by atoms with Gasteiger partial charge in [-0.05, 0) is 74.2 Å². The number of carbonyl (C=O) groups excluding carboxylic acids is 1. The number of aliphatic imine (C=N–C) groups is 1. The van der Waals surface area contributed by atoms with Crippen molar-refractivity contribution in [1.29, 1.82) is 0 Å². The Bertz CT molecular complexity index is 1160. The molecule has 1 amide bonds. The van der Waals surface area contributed by atoms with Gasteiger partial charge in [0.05, 0.1) is 30.9 Å². The summed E-state index contributed by atoms with van der Waals surface area (Å²) in [6.07, 6.45) is 4.11. The zero-order valence-electron chi connectivity index (χ0n) is 22.2. The highest BCUT2D eigenvalue weighted by molar-refractivity contribution is 8.18. The van der Waals surface area contributed by atoms with Gasteiger partial charge in [-0.25, -0.2) is 4.99 Å². The van der Waals surface area contributed by atoms with Crippen LogP contribution in [0.1, 0.15) is 57.6 Å². The number of anilines is 1. The van der Waals surface area contributed by atoms with Gasteiger partial charge in [-0.3, -0.25) is 9.69 Å². The maximum Gasteiger partial charge on any atom is 0.266 e. The smallest absolute Gasteiger partial charge is 0.266 e. The minimum Gasteiger partial charge on any atom is -0.496 e. The lowest BCUT2D eigenvalue weighted by molar-refractivity contribution is -0.122. The molecule has 2 aromatic carbocycles. The monoisotopic (exact) mass is 507 g/mol. The van der Waals surface area contributed by atoms with Crippen LogP contribution in [0.4, 0.5) is 11.4 Å². The lowest BCUT2D eigenvalue weighted by atomic mass is 9.79. The summed E-state index contributed by atoms with van der Waals surface area (Å²) in [5.41, 5.74) is 4.35. The first kappa shape index (κ1) is 26.3. The number of fused-ring (bicyclic) bond motifs is 1. The van der Waals surface area contributed by atoms with Crippen molar-refractivity contribution in [3.63, 3.8) is 0 Å². The molecule has 192 valence electrons. The quantitative estimate of drug-likeness (QED) is 0.385. The Kier molecular flexibility index (Phi) is 8.10. The first-order valence-electron chi connectivity index (χ1n) is 12.6. The molecule has 7 heteroatoms. The van der Waals surface area contributed by atoms with Crippen molar-refractivity contribution >= 4 is 40.3 Å². The summed E-state index contributed by atoms with van der Waals surface area (Å²) in [6.45, 7) is 11.0. The number of rotatable bonds is 8. The number of thioether (sulfide) groups is 1. The van der Waals surface area contributed by atoms with Crippen LogP contribution in [0.5, 0.6) is 5.75 Å². The molecule has 0 spiro atoms. The van der Waals surface area contributed by atoms with Crippen molar-refractivity contribution in [1.82, 2.24) is 4.90 Å². The van der Waals surface area contributed by atoms with Gasteiger partial charge in [-0.15, -0.1) is 0 Å². The lowest BCUT2D eigenvalue weighted by Crippen LogP contribution is -2.48. The Hall–Kier alpha value is -2.77. The van der Waals surface area contributed by atoms with Gasteiger partial charge < -0.3 is 14.4 Å². The number of benzene rings is 2. The Balaban J connectivity index is 1.75. The van der Waals surface area contributed by atoms with E-state index in [2.05, 4.69) is 44.7 Å². The zero-order valence-corrected chi connectivity index (χ0v) is 23.0. The highest BCUT2D eigenvalue weighted by Crippen LogP contribution is 2.46. The number of amides is 1. The van der Waals surface area contributed by atoms with E-state index in [9.17, 15) is 4.79 Å². The van der Waals surface area contributed by atoms with E-state index in [0.717, 1.165) is 36.4 Å². The minimum atomic E-state index is -0.0618. The van der Waals surface area contributed by atoms with Crippen LogP contribution in [-0.4, -0.2) is 55.4 Å². The molecule has 2 aromatic rings. The van der Waals surface area contributed by atoms with Crippen molar-refractivity contribution in [2.75, 3.05) is 38.8 Å². The summed E-state index contributed by atoms with van der Waals surface area (Å²) in [6, 6.07) is 14.1. The molecule has 0 aromatic heterocycles. The number of hydrogen-bond acceptors (Lipinski definition) is 6. The Morgan fingerprint density at radius 1 is 1.17 bits per heavy atom. The topological polar surface area (TPSA) is 54.4 Å². The molecule has 36 heavy (non-hydrogen) atoms. The maximum atomic E-state index is 13.4. The third-order valence-corrected chi connectivity index (χ3v) is 7.87. The molecule has 1 saturated heterocycles. The number of ether oxygens (including phenoxy) is 2. The molecule has 2 aliphatic rings. The first-order chi connectivity index (χ1) is 17.3. The van der Waals surface area contributed by atoms with Gasteiger partial charge in [0, 0.05) is 36.5 Å². The second-order valence-corrected chi connectivity index (χ2v) is 11.0. The van der Waals surface area contributed by atoms with E-state index in [4.69, 9.17) is 14.5 Å². The van der Waals surface area contributed by atoms with Gasteiger partial charge >= 0.3 is 0 Å². The second-order valence-electron chi connectivity index (χ2n) is 10.0. The van der Waals surface area contributed by atoms with Gasteiger partial charge in [-0.1, -0.05) is 32.0 Å². The molecule has 2 heterocycles. The van der Waals surface area contributed by atoms with E-state index in [1.807, 2.05) is 36.4 Å². The van der Waals surface area contributed by atoms with E-state index < -0.39 is 0 Å². The average molecular weight is 508 g/mol. The van der Waals surface area contributed by atoms with Crippen molar-refractivity contribution in [3.05, 3.63) is 58.5 Å². The van der Waals surface area contributed by atoms with Crippen LogP contribution in [-0.2, 0) is 9.53 Å². The number of nitrogens with zero attached hydrogens (tertiary/aromatic N) is 3.